The molecule has 2 rings (SSSR count). The van der Waals surface area contributed by atoms with E-state index >= 15 is 0 Å². The van der Waals surface area contributed by atoms with Crippen molar-refractivity contribution in [3.05, 3.63) is 53.1 Å². The van der Waals surface area contributed by atoms with Crippen LogP contribution in [-0.2, 0) is 6.54 Å². The average molecular weight is 275 g/mol. The molecule has 0 aliphatic heterocycles. The van der Waals surface area contributed by atoms with E-state index in [9.17, 15) is 4.39 Å². The number of rotatable bonds is 5. The molecule has 0 bridgehead atoms. The van der Waals surface area contributed by atoms with Crippen molar-refractivity contribution in [2.45, 2.75) is 46.3 Å². The molecule has 0 aliphatic carbocycles. The van der Waals surface area contributed by atoms with Gasteiger partial charge < -0.3 is 5.32 Å². The Bertz CT molecular complexity index is 577. The summed E-state index contributed by atoms with van der Waals surface area (Å²) in [6.07, 6.45) is 3.92. The van der Waals surface area contributed by atoms with Crippen LogP contribution in [-0.4, -0.2) is 9.78 Å². The van der Waals surface area contributed by atoms with E-state index in [1.807, 2.05) is 36.1 Å². The van der Waals surface area contributed by atoms with Crippen LogP contribution in [0.15, 0.2) is 30.6 Å². The Balaban J connectivity index is 2.06. The van der Waals surface area contributed by atoms with Crippen LogP contribution in [0.4, 0.5) is 4.39 Å². The molecule has 2 aromatic rings. The SMILES string of the molecule is CCn1cc(C(C)NC(C)c2ccc(C)c(F)c2)cn1. The molecule has 108 valence electrons. The fourth-order valence-corrected chi connectivity index (χ4v) is 2.22. The maximum Gasteiger partial charge on any atom is 0.126 e. The molecule has 2 unspecified atom stereocenters. The number of benzene rings is 1. The zero-order chi connectivity index (χ0) is 14.7. The van der Waals surface area contributed by atoms with Gasteiger partial charge in [-0.3, -0.25) is 4.68 Å². The highest BCUT2D eigenvalue weighted by molar-refractivity contribution is 5.26. The summed E-state index contributed by atoms with van der Waals surface area (Å²) >= 11 is 0. The van der Waals surface area contributed by atoms with E-state index in [1.54, 1.807) is 13.0 Å². The van der Waals surface area contributed by atoms with E-state index in [2.05, 4.69) is 24.3 Å². The van der Waals surface area contributed by atoms with Crippen LogP contribution in [0.1, 0.15) is 49.5 Å². The smallest absolute Gasteiger partial charge is 0.126 e. The molecule has 20 heavy (non-hydrogen) atoms. The van der Waals surface area contributed by atoms with Crippen molar-refractivity contribution >= 4 is 0 Å². The van der Waals surface area contributed by atoms with E-state index in [1.165, 1.54) is 0 Å². The summed E-state index contributed by atoms with van der Waals surface area (Å²) in [6, 6.07) is 5.66. The van der Waals surface area contributed by atoms with Crippen molar-refractivity contribution in [3.63, 3.8) is 0 Å². The Hall–Kier alpha value is -1.68. The summed E-state index contributed by atoms with van der Waals surface area (Å²) in [6.45, 7) is 8.85. The average Bonchev–Trinajstić information content (AvgIpc) is 2.90. The molecule has 3 nitrogen and oxygen atoms in total. The molecular formula is C16H22FN3. The minimum atomic E-state index is -0.150. The molecule has 0 spiro atoms. The first kappa shape index (κ1) is 14.7. The van der Waals surface area contributed by atoms with Gasteiger partial charge in [0.25, 0.3) is 0 Å². The summed E-state index contributed by atoms with van der Waals surface area (Å²) in [5, 5.41) is 7.75. The predicted molar refractivity (Wildman–Crippen MR) is 79.0 cm³/mol. The lowest BCUT2D eigenvalue weighted by molar-refractivity contribution is 0.491. The summed E-state index contributed by atoms with van der Waals surface area (Å²) in [5.41, 5.74) is 2.78. The second kappa shape index (κ2) is 6.18. The van der Waals surface area contributed by atoms with Gasteiger partial charge in [0, 0.05) is 30.4 Å². The van der Waals surface area contributed by atoms with Crippen LogP contribution >= 0.6 is 0 Å². The number of aromatic nitrogens is 2. The molecule has 1 N–H and O–H groups in total. The lowest BCUT2D eigenvalue weighted by atomic mass is 10.0. The molecule has 2 atom stereocenters. The molecule has 0 aliphatic rings. The number of nitrogens with zero attached hydrogens (tertiary/aromatic N) is 2. The van der Waals surface area contributed by atoms with Gasteiger partial charge in [-0.2, -0.15) is 5.10 Å². The van der Waals surface area contributed by atoms with Crippen molar-refractivity contribution in [1.82, 2.24) is 15.1 Å². The first-order chi connectivity index (χ1) is 9.51. The zero-order valence-corrected chi connectivity index (χ0v) is 12.5. The topological polar surface area (TPSA) is 29.9 Å². The van der Waals surface area contributed by atoms with Crippen LogP contribution in [0, 0.1) is 12.7 Å². The third-order valence-corrected chi connectivity index (χ3v) is 3.67. The van der Waals surface area contributed by atoms with Crippen LogP contribution in [0.5, 0.6) is 0 Å². The molecule has 0 amide bonds. The second-order valence-electron chi connectivity index (χ2n) is 5.25. The van der Waals surface area contributed by atoms with Crippen molar-refractivity contribution < 1.29 is 4.39 Å². The van der Waals surface area contributed by atoms with Crippen molar-refractivity contribution in [1.29, 1.82) is 0 Å². The van der Waals surface area contributed by atoms with Gasteiger partial charge in [0.05, 0.1) is 6.20 Å². The highest BCUT2D eigenvalue weighted by Crippen LogP contribution is 2.20. The molecule has 1 heterocycles. The second-order valence-corrected chi connectivity index (χ2v) is 5.25. The fraction of sp³-hybridized carbons (Fsp3) is 0.438. The maximum atomic E-state index is 13.6. The van der Waals surface area contributed by atoms with Crippen LogP contribution in [0.2, 0.25) is 0 Å². The summed E-state index contributed by atoms with van der Waals surface area (Å²) in [4.78, 5) is 0. The molecule has 0 saturated carbocycles. The largest absolute Gasteiger partial charge is 0.304 e. The molecule has 0 fully saturated rings. The van der Waals surface area contributed by atoms with Crippen molar-refractivity contribution in [2.24, 2.45) is 0 Å². The number of aryl methyl sites for hydroxylation is 2. The third kappa shape index (κ3) is 3.25. The Morgan fingerprint density at radius 3 is 2.55 bits per heavy atom. The Morgan fingerprint density at radius 2 is 1.95 bits per heavy atom. The van der Waals surface area contributed by atoms with Gasteiger partial charge in [0.15, 0.2) is 0 Å². The summed E-state index contributed by atoms with van der Waals surface area (Å²) in [7, 11) is 0. The molecule has 0 saturated heterocycles. The van der Waals surface area contributed by atoms with E-state index in [4.69, 9.17) is 0 Å². The van der Waals surface area contributed by atoms with Gasteiger partial charge in [-0.1, -0.05) is 12.1 Å². The molecule has 1 aromatic carbocycles. The van der Waals surface area contributed by atoms with E-state index < -0.39 is 0 Å². The number of nitrogens with one attached hydrogen (secondary N) is 1. The van der Waals surface area contributed by atoms with Gasteiger partial charge in [-0.05, 0) is 44.9 Å². The molecule has 1 aromatic heterocycles. The van der Waals surface area contributed by atoms with E-state index in [0.29, 0.717) is 5.56 Å². The molecule has 0 radical (unpaired) electrons. The predicted octanol–water partition coefficient (Wildman–Crippen LogP) is 3.76. The standard InChI is InChI=1S/C16H22FN3/c1-5-20-10-15(9-18-20)13(4)19-12(3)14-7-6-11(2)16(17)8-14/h6-10,12-13,19H,5H2,1-4H3. The number of hydrogen-bond donors (Lipinski definition) is 1. The first-order valence-corrected chi connectivity index (χ1v) is 7.05. The summed E-state index contributed by atoms with van der Waals surface area (Å²) in [5.74, 6) is -0.150. The first-order valence-electron chi connectivity index (χ1n) is 7.05. The fourth-order valence-electron chi connectivity index (χ4n) is 2.22. The Labute approximate surface area is 119 Å². The highest BCUT2D eigenvalue weighted by Gasteiger charge is 2.13. The quantitative estimate of drug-likeness (QED) is 0.900. The van der Waals surface area contributed by atoms with Gasteiger partial charge in [-0.15, -0.1) is 0 Å². The lowest BCUT2D eigenvalue weighted by Crippen LogP contribution is -2.22. The normalized spacial score (nSPS) is 14.2. The van der Waals surface area contributed by atoms with Gasteiger partial charge in [0.1, 0.15) is 5.82 Å². The van der Waals surface area contributed by atoms with Crippen molar-refractivity contribution in [3.8, 4) is 0 Å². The zero-order valence-electron chi connectivity index (χ0n) is 12.5. The van der Waals surface area contributed by atoms with Crippen LogP contribution in [0.3, 0.4) is 0 Å². The lowest BCUT2D eigenvalue weighted by Gasteiger charge is -2.20. The Morgan fingerprint density at radius 1 is 1.25 bits per heavy atom. The Kier molecular flexibility index (Phi) is 4.55. The van der Waals surface area contributed by atoms with Crippen LogP contribution < -0.4 is 5.32 Å². The van der Waals surface area contributed by atoms with E-state index in [-0.39, 0.29) is 17.9 Å². The number of halogens is 1. The minimum absolute atomic E-state index is 0.0880. The number of hydrogen-bond acceptors (Lipinski definition) is 2. The van der Waals surface area contributed by atoms with Crippen LogP contribution in [0.25, 0.3) is 0 Å². The monoisotopic (exact) mass is 275 g/mol. The molecule has 4 heteroatoms. The van der Waals surface area contributed by atoms with Gasteiger partial charge >= 0.3 is 0 Å². The maximum absolute atomic E-state index is 13.6. The van der Waals surface area contributed by atoms with Crippen molar-refractivity contribution in [2.75, 3.05) is 0 Å². The molecular weight excluding hydrogens is 253 g/mol. The third-order valence-electron chi connectivity index (χ3n) is 3.67. The van der Waals surface area contributed by atoms with Gasteiger partial charge in [-0.25, -0.2) is 4.39 Å². The summed E-state index contributed by atoms with van der Waals surface area (Å²) < 4.78 is 15.5. The van der Waals surface area contributed by atoms with E-state index in [0.717, 1.165) is 17.7 Å². The highest BCUT2D eigenvalue weighted by atomic mass is 19.1. The van der Waals surface area contributed by atoms with Gasteiger partial charge in [0.2, 0.25) is 0 Å². The minimum Gasteiger partial charge on any atom is -0.304 e.